The van der Waals surface area contributed by atoms with Crippen LogP contribution >= 0.6 is 11.6 Å². The van der Waals surface area contributed by atoms with Crippen molar-refractivity contribution < 1.29 is 19.8 Å². The molecule has 0 aliphatic carbocycles. The summed E-state index contributed by atoms with van der Waals surface area (Å²) in [5.74, 6) is -1.74. The molecule has 3 aromatic rings. The third-order valence-corrected chi connectivity index (χ3v) is 6.79. The highest BCUT2D eigenvalue weighted by atomic mass is 35.5. The quantitative estimate of drug-likeness (QED) is 0.381. The number of aryl methyl sites for hydroxylation is 1. The van der Waals surface area contributed by atoms with Crippen molar-refractivity contribution in [1.82, 2.24) is 23.6 Å². The van der Waals surface area contributed by atoms with Crippen molar-refractivity contribution in [2.24, 2.45) is 14.1 Å². The number of imidazole rings is 1. The Morgan fingerprint density at radius 2 is 1.53 bits per heavy atom. The fraction of sp³-hybridized carbons (Fsp3) is 0.480. The summed E-state index contributed by atoms with van der Waals surface area (Å²) in [6.07, 6.45) is 2.66. The SMILES string of the molecule is Cn1c(=O)c2c(ncn2CCN2CCN(c3ccccc3Cl)CC2)n(C)c1=O.O=C(O)CCCCC(=O)O. The molecule has 206 valence electrons. The van der Waals surface area contributed by atoms with Gasteiger partial charge in [-0.3, -0.25) is 28.4 Å². The molecular weight excluding hydrogens is 516 g/mol. The van der Waals surface area contributed by atoms with Crippen LogP contribution in [0.1, 0.15) is 25.7 Å². The predicted octanol–water partition coefficient (Wildman–Crippen LogP) is 1.63. The maximum atomic E-state index is 12.5. The highest BCUT2D eigenvalue weighted by molar-refractivity contribution is 6.33. The van der Waals surface area contributed by atoms with Crippen molar-refractivity contribution in [3.8, 4) is 0 Å². The normalized spacial score (nSPS) is 13.8. The van der Waals surface area contributed by atoms with Gasteiger partial charge in [-0.2, -0.15) is 0 Å². The molecule has 1 fully saturated rings. The van der Waals surface area contributed by atoms with E-state index in [0.717, 1.165) is 48.0 Å². The van der Waals surface area contributed by atoms with Crippen molar-refractivity contribution in [2.45, 2.75) is 32.2 Å². The van der Waals surface area contributed by atoms with Gasteiger partial charge in [0.25, 0.3) is 5.56 Å². The first kappa shape index (κ1) is 28.9. The second-order valence-corrected chi connectivity index (χ2v) is 9.50. The zero-order valence-electron chi connectivity index (χ0n) is 21.5. The minimum absolute atomic E-state index is 0.0628. The van der Waals surface area contributed by atoms with E-state index in [0.29, 0.717) is 30.6 Å². The topological polar surface area (TPSA) is 143 Å². The molecule has 1 aliphatic heterocycles. The molecule has 0 bridgehead atoms. The number of unbranched alkanes of at least 4 members (excludes halogenated alkanes) is 1. The second-order valence-electron chi connectivity index (χ2n) is 9.09. The number of aliphatic carboxylic acids is 2. The number of hydrogen-bond acceptors (Lipinski definition) is 7. The average molecular weight is 549 g/mol. The van der Waals surface area contributed by atoms with Crippen LogP contribution in [0.2, 0.25) is 5.02 Å². The predicted molar refractivity (Wildman–Crippen MR) is 144 cm³/mol. The van der Waals surface area contributed by atoms with Gasteiger partial charge in [-0.25, -0.2) is 9.78 Å². The molecule has 2 aromatic heterocycles. The lowest BCUT2D eigenvalue weighted by molar-refractivity contribution is -0.139. The van der Waals surface area contributed by atoms with Gasteiger partial charge in [-0.15, -0.1) is 0 Å². The molecule has 38 heavy (non-hydrogen) atoms. The van der Waals surface area contributed by atoms with Crippen LogP contribution in [0.4, 0.5) is 5.69 Å². The minimum atomic E-state index is -0.870. The van der Waals surface area contributed by atoms with E-state index in [4.69, 9.17) is 21.8 Å². The number of para-hydroxylation sites is 1. The van der Waals surface area contributed by atoms with Gasteiger partial charge < -0.3 is 19.7 Å². The van der Waals surface area contributed by atoms with Gasteiger partial charge in [0.05, 0.1) is 17.0 Å². The molecular formula is C25H33ClN6O6. The van der Waals surface area contributed by atoms with E-state index in [1.54, 1.807) is 13.4 Å². The number of carboxylic acids is 2. The number of rotatable bonds is 9. The van der Waals surface area contributed by atoms with Crippen molar-refractivity contribution >= 4 is 40.4 Å². The molecule has 2 N–H and O–H groups in total. The molecule has 1 aliphatic rings. The van der Waals surface area contributed by atoms with E-state index in [-0.39, 0.29) is 24.1 Å². The number of piperazine rings is 1. The Bertz CT molecular complexity index is 1370. The molecule has 0 amide bonds. The number of benzene rings is 1. The number of anilines is 1. The van der Waals surface area contributed by atoms with Gasteiger partial charge in [-0.1, -0.05) is 23.7 Å². The smallest absolute Gasteiger partial charge is 0.332 e. The number of carboxylic acid groups (broad SMARTS) is 2. The number of hydrogen-bond donors (Lipinski definition) is 2. The number of aromatic nitrogens is 4. The zero-order valence-corrected chi connectivity index (χ0v) is 22.3. The van der Waals surface area contributed by atoms with Crippen LogP contribution in [0.15, 0.2) is 40.2 Å². The first-order valence-electron chi connectivity index (χ1n) is 12.4. The van der Waals surface area contributed by atoms with E-state index in [9.17, 15) is 19.2 Å². The first-order valence-corrected chi connectivity index (χ1v) is 12.7. The van der Waals surface area contributed by atoms with Gasteiger partial charge in [-0.05, 0) is 25.0 Å². The van der Waals surface area contributed by atoms with Crippen LogP contribution in [0.3, 0.4) is 0 Å². The van der Waals surface area contributed by atoms with Crippen LogP contribution in [-0.2, 0) is 30.2 Å². The minimum Gasteiger partial charge on any atom is -0.481 e. The van der Waals surface area contributed by atoms with Gasteiger partial charge in [0.1, 0.15) is 0 Å². The van der Waals surface area contributed by atoms with Crippen molar-refractivity contribution in [3.05, 3.63) is 56.5 Å². The molecule has 12 nitrogen and oxygen atoms in total. The Balaban J connectivity index is 0.000000342. The summed E-state index contributed by atoms with van der Waals surface area (Å²) in [5.41, 5.74) is 1.31. The van der Waals surface area contributed by atoms with Crippen LogP contribution in [-0.4, -0.2) is 78.5 Å². The molecule has 0 radical (unpaired) electrons. The Hall–Kier alpha value is -3.64. The summed E-state index contributed by atoms with van der Waals surface area (Å²) in [6, 6.07) is 7.92. The lowest BCUT2D eigenvalue weighted by atomic mass is 10.2. The lowest BCUT2D eigenvalue weighted by Crippen LogP contribution is -2.47. The molecule has 0 unspecified atom stereocenters. The fourth-order valence-electron chi connectivity index (χ4n) is 4.29. The largest absolute Gasteiger partial charge is 0.481 e. The monoisotopic (exact) mass is 548 g/mol. The molecule has 0 atom stereocenters. The number of halogens is 1. The van der Waals surface area contributed by atoms with E-state index in [1.807, 2.05) is 22.8 Å². The number of nitrogens with zero attached hydrogens (tertiary/aromatic N) is 6. The van der Waals surface area contributed by atoms with Crippen LogP contribution in [0.25, 0.3) is 11.2 Å². The summed E-state index contributed by atoms with van der Waals surface area (Å²) >= 11 is 6.31. The highest BCUT2D eigenvalue weighted by Crippen LogP contribution is 2.26. The zero-order chi connectivity index (χ0) is 27.8. The van der Waals surface area contributed by atoms with E-state index >= 15 is 0 Å². The summed E-state index contributed by atoms with van der Waals surface area (Å²) < 4.78 is 4.38. The van der Waals surface area contributed by atoms with Crippen molar-refractivity contribution in [2.75, 3.05) is 37.6 Å². The Morgan fingerprint density at radius 1 is 0.921 bits per heavy atom. The summed E-state index contributed by atoms with van der Waals surface area (Å²) in [7, 11) is 3.13. The van der Waals surface area contributed by atoms with Crippen molar-refractivity contribution in [3.63, 3.8) is 0 Å². The average Bonchev–Trinajstić information content (AvgIpc) is 3.32. The molecule has 1 saturated heterocycles. The molecule has 1 aromatic carbocycles. The third-order valence-electron chi connectivity index (χ3n) is 6.47. The van der Waals surface area contributed by atoms with Crippen LogP contribution < -0.4 is 16.1 Å². The maximum absolute atomic E-state index is 12.5. The van der Waals surface area contributed by atoms with Crippen molar-refractivity contribution in [1.29, 1.82) is 0 Å². The van der Waals surface area contributed by atoms with Crippen LogP contribution in [0.5, 0.6) is 0 Å². The summed E-state index contributed by atoms with van der Waals surface area (Å²) in [6.45, 7) is 5.13. The highest BCUT2D eigenvalue weighted by Gasteiger charge is 2.20. The summed E-state index contributed by atoms with van der Waals surface area (Å²) in [5, 5.41) is 17.0. The third kappa shape index (κ3) is 7.23. The van der Waals surface area contributed by atoms with Gasteiger partial charge in [0.2, 0.25) is 0 Å². The Morgan fingerprint density at radius 3 is 2.11 bits per heavy atom. The molecule has 13 heteroatoms. The van der Waals surface area contributed by atoms with Crippen LogP contribution in [0, 0.1) is 0 Å². The van der Waals surface area contributed by atoms with E-state index < -0.39 is 11.9 Å². The summed E-state index contributed by atoms with van der Waals surface area (Å²) in [4.78, 5) is 53.3. The molecule has 0 spiro atoms. The Kier molecular flexibility index (Phi) is 10.1. The van der Waals surface area contributed by atoms with Gasteiger partial charge in [0, 0.05) is 66.2 Å². The number of carbonyl (C=O) groups is 2. The molecule has 3 heterocycles. The fourth-order valence-corrected chi connectivity index (χ4v) is 4.54. The molecule has 0 saturated carbocycles. The lowest BCUT2D eigenvalue weighted by Gasteiger charge is -2.36. The standard InChI is InChI=1S/C19H23ClN6O2.C6H10O4/c1-22-17-16(18(27)23(2)19(22)28)26(13-21-17)12-9-24-7-10-25(11-8-24)15-6-4-3-5-14(15)20;7-5(8)3-1-2-4-6(9)10/h3-6,13H,7-12H2,1-2H3;1-4H2,(H,7,8)(H,9,10). The van der Waals surface area contributed by atoms with E-state index in [1.165, 1.54) is 11.6 Å². The van der Waals surface area contributed by atoms with Gasteiger partial charge >= 0.3 is 17.6 Å². The molecule has 4 rings (SSSR count). The first-order chi connectivity index (χ1) is 18.1. The maximum Gasteiger partial charge on any atom is 0.332 e. The van der Waals surface area contributed by atoms with E-state index in [2.05, 4.69) is 20.9 Å². The van der Waals surface area contributed by atoms with Gasteiger partial charge in [0.15, 0.2) is 11.2 Å². The number of fused-ring (bicyclic) bond motifs is 1. The Labute approximate surface area is 224 Å². The second kappa shape index (κ2) is 13.2.